The molecule has 4 heteroatoms. The molecule has 0 amide bonds. The van der Waals surface area contributed by atoms with E-state index in [0.29, 0.717) is 11.3 Å². The zero-order valence-electron chi connectivity index (χ0n) is 10.2. The van der Waals surface area contributed by atoms with E-state index in [1.54, 1.807) is 19.5 Å². The fourth-order valence-electron chi connectivity index (χ4n) is 2.05. The average molecular weight is 221 g/mol. The number of nitrogens with zero attached hydrogens (tertiary/aromatic N) is 2. The van der Waals surface area contributed by atoms with E-state index in [0.717, 1.165) is 12.2 Å². The topological polar surface area (TPSA) is 47.0 Å². The molecule has 1 heterocycles. The van der Waals surface area contributed by atoms with Crippen molar-refractivity contribution in [3.05, 3.63) is 18.1 Å². The summed E-state index contributed by atoms with van der Waals surface area (Å²) in [7, 11) is 1.64. The Morgan fingerprint density at radius 2 is 2.12 bits per heavy atom. The summed E-state index contributed by atoms with van der Waals surface area (Å²) in [5.74, 6) is 0.640. The quantitative estimate of drug-likeness (QED) is 0.825. The number of rotatable bonds is 5. The second-order valence-corrected chi connectivity index (χ2v) is 4.60. The van der Waals surface area contributed by atoms with Crippen molar-refractivity contribution in [1.29, 1.82) is 0 Å². The molecule has 1 aliphatic rings. The minimum absolute atomic E-state index is 0.251. The summed E-state index contributed by atoms with van der Waals surface area (Å²) in [6.07, 6.45) is 5.88. The number of hydrogen-bond acceptors (Lipinski definition) is 4. The van der Waals surface area contributed by atoms with Crippen molar-refractivity contribution >= 4 is 0 Å². The number of aromatic nitrogens is 2. The van der Waals surface area contributed by atoms with Crippen LogP contribution in [-0.2, 0) is 0 Å². The van der Waals surface area contributed by atoms with Crippen LogP contribution < -0.4 is 10.1 Å². The van der Waals surface area contributed by atoms with E-state index < -0.39 is 0 Å². The summed E-state index contributed by atoms with van der Waals surface area (Å²) >= 11 is 0. The van der Waals surface area contributed by atoms with Crippen molar-refractivity contribution in [3.8, 4) is 5.88 Å². The zero-order valence-corrected chi connectivity index (χ0v) is 10.2. The molecular weight excluding hydrogens is 202 g/mol. The summed E-state index contributed by atoms with van der Waals surface area (Å²) in [5, 5.41) is 3.49. The first-order valence-corrected chi connectivity index (χ1v) is 5.79. The number of hydrogen-bond donors (Lipinski definition) is 1. The first kappa shape index (κ1) is 11.3. The van der Waals surface area contributed by atoms with Gasteiger partial charge in [-0.3, -0.25) is 4.98 Å². The molecule has 4 nitrogen and oxygen atoms in total. The summed E-state index contributed by atoms with van der Waals surface area (Å²) in [6, 6.07) is 0.251. The molecule has 0 saturated heterocycles. The Morgan fingerprint density at radius 1 is 1.44 bits per heavy atom. The van der Waals surface area contributed by atoms with E-state index >= 15 is 0 Å². The Labute approximate surface area is 96.4 Å². The first-order valence-electron chi connectivity index (χ1n) is 5.79. The van der Waals surface area contributed by atoms with Crippen molar-refractivity contribution in [2.45, 2.75) is 32.7 Å². The van der Waals surface area contributed by atoms with E-state index in [9.17, 15) is 0 Å². The van der Waals surface area contributed by atoms with Crippen LogP contribution >= 0.6 is 0 Å². The van der Waals surface area contributed by atoms with Gasteiger partial charge in [0.05, 0.1) is 13.2 Å². The lowest BCUT2D eigenvalue weighted by molar-refractivity contribution is 0.331. The summed E-state index contributed by atoms with van der Waals surface area (Å²) < 4.78 is 5.28. The molecule has 1 aliphatic carbocycles. The minimum Gasteiger partial charge on any atom is -0.480 e. The van der Waals surface area contributed by atoms with Crippen LogP contribution in [0.25, 0.3) is 0 Å². The van der Waals surface area contributed by atoms with Gasteiger partial charge in [0.25, 0.3) is 0 Å². The fraction of sp³-hybridized carbons (Fsp3) is 0.667. The lowest BCUT2D eigenvalue weighted by Gasteiger charge is -2.24. The molecule has 88 valence electrons. The lowest BCUT2D eigenvalue weighted by atomic mass is 9.95. The van der Waals surface area contributed by atoms with Gasteiger partial charge in [-0.05, 0) is 24.8 Å². The van der Waals surface area contributed by atoms with Crippen molar-refractivity contribution in [1.82, 2.24) is 15.3 Å². The van der Waals surface area contributed by atoms with Gasteiger partial charge in [-0.25, -0.2) is 4.98 Å². The molecular formula is C12H19N3O. The molecule has 0 aromatic carbocycles. The lowest BCUT2D eigenvalue weighted by Crippen LogP contribution is -2.29. The van der Waals surface area contributed by atoms with Crippen LogP contribution in [0.3, 0.4) is 0 Å². The Bertz CT molecular complexity index is 363. The molecule has 1 fully saturated rings. The smallest absolute Gasteiger partial charge is 0.237 e. The van der Waals surface area contributed by atoms with Gasteiger partial charge in [0.1, 0.15) is 5.69 Å². The summed E-state index contributed by atoms with van der Waals surface area (Å²) in [5.41, 5.74) is 1.26. The number of ether oxygens (including phenoxy) is 1. The highest BCUT2D eigenvalue weighted by molar-refractivity contribution is 5.25. The van der Waals surface area contributed by atoms with Crippen LogP contribution in [0.1, 0.15) is 38.4 Å². The Hall–Kier alpha value is -1.16. The standard InChI is InChI=1S/C12H19N3O/c1-4-13-10(12(2)5-6-12)9-11(16-3)15-8-7-14-9/h7-8,10,13H,4-6H2,1-3H3. The zero-order chi connectivity index (χ0) is 11.6. The molecule has 0 aliphatic heterocycles. The maximum Gasteiger partial charge on any atom is 0.237 e. The molecule has 1 unspecified atom stereocenters. The van der Waals surface area contributed by atoms with Crippen molar-refractivity contribution in [2.24, 2.45) is 5.41 Å². The Kier molecular flexibility index (Phi) is 3.10. The molecule has 16 heavy (non-hydrogen) atoms. The van der Waals surface area contributed by atoms with Crippen LogP contribution in [0.15, 0.2) is 12.4 Å². The maximum absolute atomic E-state index is 5.28. The molecule has 1 aromatic heterocycles. The fourth-order valence-corrected chi connectivity index (χ4v) is 2.05. The summed E-state index contributed by atoms with van der Waals surface area (Å²) in [4.78, 5) is 8.64. The second kappa shape index (κ2) is 4.37. The van der Waals surface area contributed by atoms with Gasteiger partial charge >= 0.3 is 0 Å². The van der Waals surface area contributed by atoms with Gasteiger partial charge < -0.3 is 10.1 Å². The second-order valence-electron chi connectivity index (χ2n) is 4.60. The van der Waals surface area contributed by atoms with Gasteiger partial charge in [-0.15, -0.1) is 0 Å². The van der Waals surface area contributed by atoms with Gasteiger partial charge in [-0.2, -0.15) is 0 Å². The third kappa shape index (κ3) is 2.02. The predicted octanol–water partition coefficient (Wildman–Crippen LogP) is 1.94. The third-order valence-corrected chi connectivity index (χ3v) is 3.30. The van der Waals surface area contributed by atoms with Crippen LogP contribution in [0, 0.1) is 5.41 Å². The maximum atomic E-state index is 5.28. The number of nitrogens with one attached hydrogen (secondary N) is 1. The third-order valence-electron chi connectivity index (χ3n) is 3.30. The molecule has 1 atom stereocenters. The van der Waals surface area contributed by atoms with E-state index in [1.807, 2.05) is 0 Å². The van der Waals surface area contributed by atoms with Crippen LogP contribution in [0.2, 0.25) is 0 Å². The SMILES string of the molecule is CCNC(c1nccnc1OC)C1(C)CC1. The van der Waals surface area contributed by atoms with Crippen molar-refractivity contribution < 1.29 is 4.74 Å². The van der Waals surface area contributed by atoms with Crippen LogP contribution in [0.5, 0.6) is 5.88 Å². The van der Waals surface area contributed by atoms with E-state index in [1.165, 1.54) is 12.8 Å². The Morgan fingerprint density at radius 3 is 2.69 bits per heavy atom. The Balaban J connectivity index is 2.31. The highest BCUT2D eigenvalue weighted by atomic mass is 16.5. The van der Waals surface area contributed by atoms with Gasteiger partial charge in [0, 0.05) is 12.4 Å². The largest absolute Gasteiger partial charge is 0.480 e. The first-order chi connectivity index (χ1) is 7.71. The highest BCUT2D eigenvalue weighted by Gasteiger charge is 2.47. The normalized spacial score (nSPS) is 19.2. The summed E-state index contributed by atoms with van der Waals surface area (Å²) in [6.45, 7) is 5.33. The molecule has 1 aromatic rings. The predicted molar refractivity (Wildman–Crippen MR) is 62.3 cm³/mol. The van der Waals surface area contributed by atoms with Crippen LogP contribution in [-0.4, -0.2) is 23.6 Å². The van der Waals surface area contributed by atoms with Gasteiger partial charge in [0.2, 0.25) is 5.88 Å². The molecule has 0 radical (unpaired) electrons. The molecule has 1 N–H and O–H groups in total. The van der Waals surface area contributed by atoms with E-state index in [-0.39, 0.29) is 6.04 Å². The monoisotopic (exact) mass is 221 g/mol. The van der Waals surface area contributed by atoms with Crippen LogP contribution in [0.4, 0.5) is 0 Å². The average Bonchev–Trinajstić information content (AvgIpc) is 3.05. The van der Waals surface area contributed by atoms with Crippen molar-refractivity contribution in [2.75, 3.05) is 13.7 Å². The van der Waals surface area contributed by atoms with E-state index in [4.69, 9.17) is 4.74 Å². The molecule has 0 bridgehead atoms. The van der Waals surface area contributed by atoms with Crippen molar-refractivity contribution in [3.63, 3.8) is 0 Å². The number of methoxy groups -OCH3 is 1. The van der Waals surface area contributed by atoms with Gasteiger partial charge in [-0.1, -0.05) is 13.8 Å². The molecule has 1 saturated carbocycles. The van der Waals surface area contributed by atoms with Gasteiger partial charge in [0.15, 0.2) is 0 Å². The minimum atomic E-state index is 0.251. The molecule has 0 spiro atoms. The molecule has 2 rings (SSSR count). The van der Waals surface area contributed by atoms with E-state index in [2.05, 4.69) is 29.1 Å². The highest BCUT2D eigenvalue weighted by Crippen LogP contribution is 2.54.